The van der Waals surface area contributed by atoms with Gasteiger partial charge in [0.05, 0.1) is 11.0 Å². The summed E-state index contributed by atoms with van der Waals surface area (Å²) in [5.41, 5.74) is 3.33. The summed E-state index contributed by atoms with van der Waals surface area (Å²) in [6, 6.07) is 22.2. The molecular formula is C26H27N3O2. The van der Waals surface area contributed by atoms with Crippen molar-refractivity contribution in [2.75, 3.05) is 20.1 Å². The average molecular weight is 414 g/mol. The minimum absolute atomic E-state index is 0.0108. The van der Waals surface area contributed by atoms with Gasteiger partial charge in [-0.05, 0) is 48.1 Å². The van der Waals surface area contributed by atoms with Gasteiger partial charge in [0.2, 0.25) is 5.91 Å². The van der Waals surface area contributed by atoms with Gasteiger partial charge < -0.3 is 10.2 Å². The maximum absolute atomic E-state index is 13.0. The van der Waals surface area contributed by atoms with Crippen LogP contribution >= 0.6 is 0 Å². The summed E-state index contributed by atoms with van der Waals surface area (Å²) in [4.78, 5) is 31.9. The molecule has 1 aliphatic heterocycles. The van der Waals surface area contributed by atoms with Crippen LogP contribution in [0.5, 0.6) is 0 Å². The first kappa shape index (κ1) is 20.8. The van der Waals surface area contributed by atoms with Crippen molar-refractivity contribution in [3.63, 3.8) is 0 Å². The normalized spacial score (nSPS) is 18.4. The topological polar surface area (TPSA) is 62.3 Å². The quantitative estimate of drug-likeness (QED) is 0.689. The van der Waals surface area contributed by atoms with Crippen molar-refractivity contribution in [2.24, 2.45) is 5.41 Å². The third-order valence-electron chi connectivity index (χ3n) is 6.08. The first-order chi connectivity index (χ1) is 15.1. The highest BCUT2D eigenvalue weighted by molar-refractivity contribution is 5.94. The van der Waals surface area contributed by atoms with E-state index in [0.29, 0.717) is 25.1 Å². The van der Waals surface area contributed by atoms with Crippen molar-refractivity contribution >= 4 is 11.8 Å². The molecule has 0 radical (unpaired) electrons. The summed E-state index contributed by atoms with van der Waals surface area (Å²) >= 11 is 0. The van der Waals surface area contributed by atoms with Crippen LogP contribution in [0.15, 0.2) is 79.1 Å². The molecule has 2 aromatic carbocycles. The van der Waals surface area contributed by atoms with E-state index in [2.05, 4.69) is 46.7 Å². The molecule has 0 bridgehead atoms. The summed E-state index contributed by atoms with van der Waals surface area (Å²) in [5, 5.41) is 2.84. The van der Waals surface area contributed by atoms with Crippen molar-refractivity contribution in [3.8, 4) is 11.1 Å². The van der Waals surface area contributed by atoms with Crippen LogP contribution in [0.3, 0.4) is 0 Å². The molecule has 31 heavy (non-hydrogen) atoms. The van der Waals surface area contributed by atoms with Crippen LogP contribution < -0.4 is 5.32 Å². The largest absolute Gasteiger partial charge is 0.359 e. The molecule has 1 aromatic heterocycles. The molecule has 2 heterocycles. The SMILES string of the molecule is CNC(=O)C1(Cc2ccc(-c3ccccc3)cc2)CCCN(C(=O)c2cccnc2)C1. The first-order valence-electron chi connectivity index (χ1n) is 10.7. The summed E-state index contributed by atoms with van der Waals surface area (Å²) in [6.07, 6.45) is 5.38. The van der Waals surface area contributed by atoms with Crippen LogP contribution in [0.4, 0.5) is 0 Å². The third kappa shape index (κ3) is 4.50. The predicted octanol–water partition coefficient (Wildman–Crippen LogP) is 3.96. The number of carbonyl (C=O) groups is 2. The molecule has 2 amide bonds. The zero-order valence-electron chi connectivity index (χ0n) is 17.8. The maximum atomic E-state index is 13.0. The number of aromatic nitrogens is 1. The van der Waals surface area contributed by atoms with Gasteiger partial charge in [0.25, 0.3) is 5.91 Å². The van der Waals surface area contributed by atoms with Crippen LogP contribution in [-0.2, 0) is 11.2 Å². The monoisotopic (exact) mass is 413 g/mol. The Balaban J connectivity index is 1.56. The molecule has 4 rings (SSSR count). The smallest absolute Gasteiger partial charge is 0.255 e. The lowest BCUT2D eigenvalue weighted by molar-refractivity contribution is -0.133. The van der Waals surface area contributed by atoms with Gasteiger partial charge in [-0.3, -0.25) is 14.6 Å². The Morgan fingerprint density at radius 2 is 1.74 bits per heavy atom. The number of amides is 2. The Hall–Kier alpha value is -3.47. The molecule has 158 valence electrons. The van der Waals surface area contributed by atoms with Gasteiger partial charge in [0, 0.05) is 32.5 Å². The fraction of sp³-hybridized carbons (Fsp3) is 0.269. The highest BCUT2D eigenvalue weighted by atomic mass is 16.2. The van der Waals surface area contributed by atoms with Crippen molar-refractivity contribution in [2.45, 2.75) is 19.3 Å². The molecule has 1 N–H and O–H groups in total. The summed E-state index contributed by atoms with van der Waals surface area (Å²) in [6.45, 7) is 1.06. The number of hydrogen-bond acceptors (Lipinski definition) is 3. The Labute approximate surface area is 183 Å². The van der Waals surface area contributed by atoms with Gasteiger partial charge in [0.1, 0.15) is 0 Å². The molecule has 0 aliphatic carbocycles. The molecule has 5 nitrogen and oxygen atoms in total. The summed E-state index contributed by atoms with van der Waals surface area (Å²) in [7, 11) is 1.67. The van der Waals surface area contributed by atoms with E-state index in [4.69, 9.17) is 0 Å². The van der Waals surface area contributed by atoms with Crippen LogP contribution in [0, 0.1) is 5.41 Å². The van der Waals surface area contributed by atoms with Gasteiger partial charge in [-0.25, -0.2) is 0 Å². The van der Waals surface area contributed by atoms with Crippen LogP contribution in [0.1, 0.15) is 28.8 Å². The fourth-order valence-corrected chi connectivity index (χ4v) is 4.49. The van der Waals surface area contributed by atoms with Gasteiger partial charge in [-0.2, -0.15) is 0 Å². The molecule has 1 saturated heterocycles. The lowest BCUT2D eigenvalue weighted by Gasteiger charge is -2.41. The van der Waals surface area contributed by atoms with Crippen molar-refractivity contribution in [1.82, 2.24) is 15.2 Å². The summed E-state index contributed by atoms with van der Waals surface area (Å²) in [5.74, 6) is -0.0798. The molecule has 1 fully saturated rings. The van der Waals surface area contributed by atoms with E-state index in [-0.39, 0.29) is 11.8 Å². The number of nitrogens with one attached hydrogen (secondary N) is 1. The van der Waals surface area contributed by atoms with Crippen molar-refractivity contribution in [3.05, 3.63) is 90.3 Å². The van der Waals surface area contributed by atoms with Gasteiger partial charge in [-0.15, -0.1) is 0 Å². The minimum Gasteiger partial charge on any atom is -0.359 e. The highest BCUT2D eigenvalue weighted by Gasteiger charge is 2.43. The number of benzene rings is 2. The molecule has 3 aromatic rings. The Morgan fingerprint density at radius 3 is 2.42 bits per heavy atom. The molecule has 0 saturated carbocycles. The van der Waals surface area contributed by atoms with E-state index in [0.717, 1.165) is 24.0 Å². The van der Waals surface area contributed by atoms with Crippen LogP contribution in [0.25, 0.3) is 11.1 Å². The van der Waals surface area contributed by atoms with E-state index in [9.17, 15) is 9.59 Å². The van der Waals surface area contributed by atoms with Crippen molar-refractivity contribution in [1.29, 1.82) is 0 Å². The molecule has 0 spiro atoms. The second kappa shape index (κ2) is 9.13. The number of carbonyl (C=O) groups excluding carboxylic acids is 2. The minimum atomic E-state index is -0.640. The number of hydrogen-bond donors (Lipinski definition) is 1. The number of likely N-dealkylation sites (tertiary alicyclic amines) is 1. The van der Waals surface area contributed by atoms with Gasteiger partial charge in [0.15, 0.2) is 0 Å². The Kier molecular flexibility index (Phi) is 6.12. The van der Waals surface area contributed by atoms with Gasteiger partial charge in [-0.1, -0.05) is 54.6 Å². The van der Waals surface area contributed by atoms with Crippen molar-refractivity contribution < 1.29 is 9.59 Å². The molecule has 5 heteroatoms. The number of rotatable bonds is 5. The second-order valence-corrected chi connectivity index (χ2v) is 8.17. The Morgan fingerprint density at radius 1 is 1.00 bits per heavy atom. The molecule has 1 atom stereocenters. The number of nitrogens with zero attached hydrogens (tertiary/aromatic N) is 2. The molecule has 1 unspecified atom stereocenters. The zero-order valence-corrected chi connectivity index (χ0v) is 17.8. The van der Waals surface area contributed by atoms with Crippen LogP contribution in [-0.4, -0.2) is 41.8 Å². The van der Waals surface area contributed by atoms with E-state index >= 15 is 0 Å². The fourth-order valence-electron chi connectivity index (χ4n) is 4.49. The number of pyridine rings is 1. The molecular weight excluding hydrogens is 386 g/mol. The maximum Gasteiger partial charge on any atom is 0.255 e. The lowest BCUT2D eigenvalue weighted by Crippen LogP contribution is -2.54. The van der Waals surface area contributed by atoms with Crippen LogP contribution in [0.2, 0.25) is 0 Å². The van der Waals surface area contributed by atoms with E-state index < -0.39 is 5.41 Å². The Bertz CT molecular complexity index is 1040. The standard InChI is InChI=1S/C26H27N3O2/c1-27-25(31)26(14-6-16-29(19-26)24(30)23-9-5-15-28-18-23)17-20-10-12-22(13-11-20)21-7-3-2-4-8-21/h2-5,7-13,15,18H,6,14,16-17,19H2,1H3,(H,27,31). The molecule has 1 aliphatic rings. The predicted molar refractivity (Wildman–Crippen MR) is 121 cm³/mol. The third-order valence-corrected chi connectivity index (χ3v) is 6.08. The average Bonchev–Trinajstić information content (AvgIpc) is 2.84. The summed E-state index contributed by atoms with van der Waals surface area (Å²) < 4.78 is 0. The number of piperidine rings is 1. The van der Waals surface area contributed by atoms with E-state index in [1.165, 1.54) is 5.56 Å². The van der Waals surface area contributed by atoms with E-state index in [1.807, 2.05) is 18.2 Å². The first-order valence-corrected chi connectivity index (χ1v) is 10.7. The lowest BCUT2D eigenvalue weighted by atomic mass is 9.74. The van der Waals surface area contributed by atoms with E-state index in [1.54, 1.807) is 36.5 Å². The second-order valence-electron chi connectivity index (χ2n) is 8.17. The highest BCUT2D eigenvalue weighted by Crippen LogP contribution is 2.35. The van der Waals surface area contributed by atoms with Gasteiger partial charge >= 0.3 is 0 Å². The zero-order chi connectivity index (χ0) is 21.7.